The summed E-state index contributed by atoms with van der Waals surface area (Å²) < 4.78 is 5.49. The molecule has 0 bridgehead atoms. The molecule has 4 amide bonds. The molecule has 1 aliphatic carbocycles. The van der Waals surface area contributed by atoms with E-state index in [-0.39, 0.29) is 54.2 Å². The molecule has 1 unspecified atom stereocenters. The van der Waals surface area contributed by atoms with Crippen LogP contribution in [-0.2, 0) is 23.9 Å². The highest BCUT2D eigenvalue weighted by atomic mass is 16.6. The zero-order valence-electron chi connectivity index (χ0n) is 22.2. The topological polar surface area (TPSA) is 147 Å². The fraction of sp³-hybridized carbons (Fsp3) is 0.630. The lowest BCUT2D eigenvalue weighted by molar-refractivity contribution is -0.159. The molecule has 2 atom stereocenters. The lowest BCUT2D eigenvalue weighted by atomic mass is 9.85. The van der Waals surface area contributed by atoms with E-state index >= 15 is 0 Å². The molecule has 38 heavy (non-hydrogen) atoms. The number of esters is 1. The Hall–Kier alpha value is -3.50. The van der Waals surface area contributed by atoms with Crippen LogP contribution in [0, 0.1) is 11.8 Å². The Bertz CT molecular complexity index is 1070. The molecule has 0 radical (unpaired) electrons. The highest BCUT2D eigenvalue weighted by Gasteiger charge is 2.37. The third-order valence-corrected chi connectivity index (χ3v) is 7.23. The van der Waals surface area contributed by atoms with Crippen molar-refractivity contribution in [2.75, 3.05) is 18.4 Å². The number of pyridine rings is 1. The largest absolute Gasteiger partial charge is 0.460 e. The summed E-state index contributed by atoms with van der Waals surface area (Å²) in [6, 6.07) is 2.80. The van der Waals surface area contributed by atoms with Crippen LogP contribution in [-0.4, -0.2) is 70.3 Å². The van der Waals surface area contributed by atoms with Gasteiger partial charge in [0, 0.05) is 31.5 Å². The lowest BCUT2D eigenvalue weighted by Gasteiger charge is -2.31. The maximum Gasteiger partial charge on any atom is 0.311 e. The Kier molecular flexibility index (Phi) is 8.32. The van der Waals surface area contributed by atoms with Gasteiger partial charge >= 0.3 is 5.97 Å². The fourth-order valence-electron chi connectivity index (χ4n) is 5.19. The number of carbonyl (C=O) groups excluding carboxylic acids is 5. The number of rotatable bonds is 6. The van der Waals surface area contributed by atoms with Crippen molar-refractivity contribution in [1.82, 2.24) is 20.5 Å². The molecule has 206 valence electrons. The van der Waals surface area contributed by atoms with Crippen molar-refractivity contribution in [3.63, 3.8) is 0 Å². The Balaban J connectivity index is 1.20. The lowest BCUT2D eigenvalue weighted by Crippen LogP contribution is -2.52. The first-order valence-electron chi connectivity index (χ1n) is 13.4. The SMILES string of the molecule is CC(C)(C)OC(=O)[C@@H]1CCN(C(=O)[C@H]2CC[C@H](Nc3ccc(C(=O)NC4CCC(=O)NC4=O)nc3)CC2)C1. The number of anilines is 1. The second-order valence-corrected chi connectivity index (χ2v) is 11.4. The molecular formula is C27H37N5O6. The van der Waals surface area contributed by atoms with Crippen molar-refractivity contribution in [3.05, 3.63) is 24.0 Å². The Labute approximate surface area is 222 Å². The Morgan fingerprint density at radius 1 is 1.03 bits per heavy atom. The van der Waals surface area contributed by atoms with Gasteiger partial charge in [-0.25, -0.2) is 4.98 Å². The van der Waals surface area contributed by atoms with Crippen molar-refractivity contribution in [3.8, 4) is 0 Å². The zero-order chi connectivity index (χ0) is 27.4. The first kappa shape index (κ1) is 27.5. The van der Waals surface area contributed by atoms with E-state index in [4.69, 9.17) is 4.74 Å². The van der Waals surface area contributed by atoms with E-state index in [2.05, 4.69) is 20.9 Å². The first-order chi connectivity index (χ1) is 18.0. The normalized spacial score (nSPS) is 25.9. The summed E-state index contributed by atoms with van der Waals surface area (Å²) >= 11 is 0. The van der Waals surface area contributed by atoms with Crippen LogP contribution in [0.25, 0.3) is 0 Å². The van der Waals surface area contributed by atoms with Crippen LogP contribution in [0.3, 0.4) is 0 Å². The Morgan fingerprint density at radius 3 is 2.39 bits per heavy atom. The van der Waals surface area contributed by atoms with Crippen LogP contribution in [0.4, 0.5) is 5.69 Å². The molecule has 0 aromatic carbocycles. The molecule has 0 spiro atoms. The molecule has 11 heteroatoms. The molecule has 4 rings (SSSR count). The number of nitrogens with one attached hydrogen (secondary N) is 3. The summed E-state index contributed by atoms with van der Waals surface area (Å²) in [5.74, 6) is -1.71. The number of imide groups is 1. The van der Waals surface area contributed by atoms with Crippen molar-refractivity contribution in [2.45, 2.75) is 83.4 Å². The van der Waals surface area contributed by atoms with Crippen molar-refractivity contribution in [2.24, 2.45) is 11.8 Å². The summed E-state index contributed by atoms with van der Waals surface area (Å²) in [7, 11) is 0. The maximum atomic E-state index is 13.1. The summed E-state index contributed by atoms with van der Waals surface area (Å²) in [5.41, 5.74) is 0.430. The van der Waals surface area contributed by atoms with Crippen molar-refractivity contribution in [1.29, 1.82) is 0 Å². The van der Waals surface area contributed by atoms with Crippen LogP contribution in [0.15, 0.2) is 18.3 Å². The molecule has 2 saturated heterocycles. The van der Waals surface area contributed by atoms with Gasteiger partial charge < -0.3 is 20.3 Å². The second-order valence-electron chi connectivity index (χ2n) is 11.4. The fourth-order valence-corrected chi connectivity index (χ4v) is 5.19. The highest BCUT2D eigenvalue weighted by molar-refractivity contribution is 6.03. The molecule has 3 aliphatic rings. The molecule has 1 aromatic heterocycles. The minimum absolute atomic E-state index is 0.0399. The van der Waals surface area contributed by atoms with Crippen molar-refractivity contribution >= 4 is 35.3 Å². The van der Waals surface area contributed by atoms with Crippen molar-refractivity contribution < 1.29 is 28.7 Å². The number of ether oxygens (including phenoxy) is 1. The van der Waals surface area contributed by atoms with E-state index in [1.54, 1.807) is 18.3 Å². The summed E-state index contributed by atoms with van der Waals surface area (Å²) in [6.45, 7) is 6.57. The number of likely N-dealkylation sites (tertiary alicyclic amines) is 1. The first-order valence-corrected chi connectivity index (χ1v) is 13.4. The van der Waals surface area contributed by atoms with Crippen LogP contribution in [0.1, 0.15) is 76.2 Å². The van der Waals surface area contributed by atoms with Crippen LogP contribution in [0.2, 0.25) is 0 Å². The van der Waals surface area contributed by atoms with Gasteiger partial charge in [-0.2, -0.15) is 0 Å². The molecule has 11 nitrogen and oxygen atoms in total. The third kappa shape index (κ3) is 7.08. The number of nitrogens with zero attached hydrogens (tertiary/aromatic N) is 2. The standard InChI is InChI=1S/C27H37N5O6/c1-27(2,3)38-26(37)17-12-13-32(15-17)25(36)16-4-6-18(7-5-16)29-19-8-9-20(28-14-19)23(34)30-21-10-11-22(33)31-24(21)35/h8-9,14,16-18,21,29H,4-7,10-13,15H2,1-3H3,(H,30,34)(H,31,33,35)/t16-,17-,18-,21?/m1/s1. The van der Waals surface area contributed by atoms with E-state index in [1.165, 1.54) is 0 Å². The molecule has 3 heterocycles. The number of piperidine rings is 1. The molecule has 3 N–H and O–H groups in total. The molecule has 1 aromatic rings. The smallest absolute Gasteiger partial charge is 0.311 e. The van der Waals surface area contributed by atoms with E-state index < -0.39 is 23.5 Å². The maximum absolute atomic E-state index is 13.1. The molecule has 2 aliphatic heterocycles. The zero-order valence-corrected chi connectivity index (χ0v) is 22.2. The van der Waals surface area contributed by atoms with Gasteiger partial charge in [0.25, 0.3) is 5.91 Å². The van der Waals surface area contributed by atoms with Gasteiger partial charge in [0.1, 0.15) is 17.3 Å². The van der Waals surface area contributed by atoms with Gasteiger partial charge in [0.15, 0.2) is 0 Å². The summed E-state index contributed by atoms with van der Waals surface area (Å²) in [5, 5.41) is 8.26. The Morgan fingerprint density at radius 2 is 1.76 bits per heavy atom. The molecule has 3 fully saturated rings. The molecule has 1 saturated carbocycles. The van der Waals surface area contributed by atoms with Gasteiger partial charge in [-0.05, 0) is 71.4 Å². The van der Waals surface area contributed by atoms with Crippen LogP contribution < -0.4 is 16.0 Å². The number of hydrogen-bond acceptors (Lipinski definition) is 8. The third-order valence-electron chi connectivity index (χ3n) is 7.23. The van der Waals surface area contributed by atoms with Gasteiger partial charge in [-0.15, -0.1) is 0 Å². The van der Waals surface area contributed by atoms with Crippen LogP contribution >= 0.6 is 0 Å². The quantitative estimate of drug-likeness (QED) is 0.375. The van der Waals surface area contributed by atoms with Crippen LogP contribution in [0.5, 0.6) is 0 Å². The van der Waals surface area contributed by atoms with Gasteiger partial charge in [0.05, 0.1) is 17.8 Å². The number of amides is 4. The average Bonchev–Trinajstić information content (AvgIpc) is 3.36. The minimum atomic E-state index is -0.749. The van der Waals surface area contributed by atoms with E-state index in [1.807, 2.05) is 25.7 Å². The van der Waals surface area contributed by atoms with E-state index in [0.717, 1.165) is 31.4 Å². The second kappa shape index (κ2) is 11.5. The predicted octanol–water partition coefficient (Wildman–Crippen LogP) is 1.78. The van der Waals surface area contributed by atoms with E-state index in [9.17, 15) is 24.0 Å². The van der Waals surface area contributed by atoms with Gasteiger partial charge in [-0.1, -0.05) is 0 Å². The summed E-state index contributed by atoms with van der Waals surface area (Å²) in [4.78, 5) is 67.0. The predicted molar refractivity (Wildman–Crippen MR) is 138 cm³/mol. The van der Waals surface area contributed by atoms with Gasteiger partial charge in [0.2, 0.25) is 17.7 Å². The highest BCUT2D eigenvalue weighted by Crippen LogP contribution is 2.30. The monoisotopic (exact) mass is 527 g/mol. The minimum Gasteiger partial charge on any atom is -0.460 e. The number of aromatic nitrogens is 1. The molecular weight excluding hydrogens is 490 g/mol. The van der Waals surface area contributed by atoms with Gasteiger partial charge in [-0.3, -0.25) is 29.3 Å². The summed E-state index contributed by atoms with van der Waals surface area (Å²) in [6.07, 6.45) is 5.88. The number of carbonyl (C=O) groups is 5. The average molecular weight is 528 g/mol. The number of hydrogen-bond donors (Lipinski definition) is 3. The van der Waals surface area contributed by atoms with E-state index in [0.29, 0.717) is 19.5 Å².